The topological polar surface area (TPSA) is 96.7 Å². The van der Waals surface area contributed by atoms with Crippen molar-refractivity contribution >= 4 is 23.2 Å². The number of carbonyl (C=O) groups excluding carboxylic acids is 2. The van der Waals surface area contributed by atoms with Crippen LogP contribution in [0.3, 0.4) is 0 Å². The number of hydrogen-bond acceptors (Lipinski definition) is 5. The molecule has 1 aliphatic heterocycles. The van der Waals surface area contributed by atoms with Gasteiger partial charge in [-0.2, -0.15) is 18.4 Å². The first-order valence-electron chi connectivity index (χ1n) is 9.28. The summed E-state index contributed by atoms with van der Waals surface area (Å²) in [5, 5.41) is 22.1. The zero-order chi connectivity index (χ0) is 24.0. The van der Waals surface area contributed by atoms with Crippen LogP contribution < -0.4 is 15.1 Å². The summed E-state index contributed by atoms with van der Waals surface area (Å²) in [6.07, 6.45) is -6.64. The van der Waals surface area contributed by atoms with Crippen molar-refractivity contribution in [2.24, 2.45) is 0 Å². The van der Waals surface area contributed by atoms with E-state index in [2.05, 4.69) is 5.32 Å². The van der Waals surface area contributed by atoms with Crippen LogP contribution in [-0.2, 0) is 11.0 Å². The Kier molecular flexibility index (Phi) is 5.61. The number of alkyl halides is 3. The minimum atomic E-state index is -4.86. The normalized spacial score (nSPS) is 18.0. The van der Waals surface area contributed by atoms with Crippen LogP contribution in [0.1, 0.15) is 35.3 Å². The van der Waals surface area contributed by atoms with Gasteiger partial charge in [-0.3, -0.25) is 14.5 Å². The molecule has 0 bridgehead atoms. The van der Waals surface area contributed by atoms with Crippen LogP contribution in [0.15, 0.2) is 36.4 Å². The van der Waals surface area contributed by atoms with E-state index in [-0.39, 0.29) is 16.9 Å². The Morgan fingerprint density at radius 2 is 1.81 bits per heavy atom. The number of nitriles is 1. The Bertz CT molecular complexity index is 1140. The van der Waals surface area contributed by atoms with Crippen LogP contribution in [-0.4, -0.2) is 35.9 Å². The fourth-order valence-corrected chi connectivity index (χ4v) is 3.60. The van der Waals surface area contributed by atoms with E-state index < -0.39 is 46.8 Å². The number of rotatable bonds is 3. The van der Waals surface area contributed by atoms with Crippen molar-refractivity contribution < 1.29 is 32.3 Å². The molecule has 1 atom stereocenters. The Morgan fingerprint density at radius 1 is 1.19 bits per heavy atom. The van der Waals surface area contributed by atoms with Gasteiger partial charge in [0.15, 0.2) is 0 Å². The predicted octanol–water partition coefficient (Wildman–Crippen LogP) is 2.98. The molecule has 2 N–H and O–H groups in total. The van der Waals surface area contributed by atoms with E-state index in [1.165, 1.54) is 39.1 Å². The summed E-state index contributed by atoms with van der Waals surface area (Å²) in [6, 6.07) is 7.51. The zero-order valence-corrected chi connectivity index (χ0v) is 17.2. The number of nitrogens with one attached hydrogen (secondary N) is 1. The van der Waals surface area contributed by atoms with Crippen LogP contribution in [0.2, 0.25) is 0 Å². The van der Waals surface area contributed by atoms with Crippen LogP contribution in [0.5, 0.6) is 0 Å². The molecule has 32 heavy (non-hydrogen) atoms. The van der Waals surface area contributed by atoms with Gasteiger partial charge in [0, 0.05) is 18.4 Å². The second kappa shape index (κ2) is 7.80. The molecule has 11 heteroatoms. The lowest BCUT2D eigenvalue weighted by Gasteiger charge is -2.33. The quantitative estimate of drug-likeness (QED) is 0.701. The summed E-state index contributed by atoms with van der Waals surface area (Å²) in [7, 11) is 1.33. The Labute approximate surface area is 180 Å². The molecule has 0 aliphatic carbocycles. The van der Waals surface area contributed by atoms with Gasteiger partial charge in [-0.25, -0.2) is 4.39 Å². The van der Waals surface area contributed by atoms with Crippen molar-refractivity contribution in [3.05, 3.63) is 58.9 Å². The molecular formula is C21H18F4N4O3. The summed E-state index contributed by atoms with van der Waals surface area (Å²) >= 11 is 0. The van der Waals surface area contributed by atoms with E-state index in [1.807, 2.05) is 0 Å². The largest absolute Gasteiger partial charge is 0.417 e. The summed E-state index contributed by atoms with van der Waals surface area (Å²) in [6.45, 7) is 2.83. The number of nitrogens with zero attached hydrogens (tertiary/aromatic N) is 3. The Hall–Kier alpha value is -3.65. The van der Waals surface area contributed by atoms with Crippen LogP contribution in [0, 0.1) is 17.1 Å². The van der Waals surface area contributed by atoms with Gasteiger partial charge in [-0.1, -0.05) is 0 Å². The van der Waals surface area contributed by atoms with E-state index in [0.717, 1.165) is 28.0 Å². The minimum absolute atomic E-state index is 0.0354. The first kappa shape index (κ1) is 23.0. The van der Waals surface area contributed by atoms with Gasteiger partial charge in [0.2, 0.25) is 6.35 Å². The number of carbonyl (C=O) groups is 2. The molecule has 2 aromatic carbocycles. The maximum absolute atomic E-state index is 14.5. The summed E-state index contributed by atoms with van der Waals surface area (Å²) in [5.74, 6) is -2.34. The van der Waals surface area contributed by atoms with Crippen molar-refractivity contribution in [1.29, 1.82) is 5.26 Å². The van der Waals surface area contributed by atoms with Gasteiger partial charge in [0.05, 0.1) is 22.8 Å². The lowest BCUT2D eigenvalue weighted by atomic mass is 10.0. The highest BCUT2D eigenvalue weighted by molar-refractivity contribution is 6.06. The number of hydrogen-bond donors (Lipinski definition) is 2. The van der Waals surface area contributed by atoms with E-state index in [0.29, 0.717) is 6.07 Å². The lowest BCUT2D eigenvalue weighted by molar-refractivity contribution is -0.137. The van der Waals surface area contributed by atoms with Gasteiger partial charge in [0.1, 0.15) is 11.4 Å². The monoisotopic (exact) mass is 450 g/mol. The standard InChI is InChI=1S/C21H18F4N4O3/c1-20(2)18(31)28(12-5-4-11(10-26)15(8-12)21(23,24)25)19(32)29(20)13-6-7-14(16(22)9-13)17(30)27-3/h4-9,19,32H,1-3H3,(H,27,30). The molecule has 1 aliphatic rings. The molecule has 0 saturated carbocycles. The molecule has 0 spiro atoms. The second-order valence-corrected chi connectivity index (χ2v) is 7.53. The van der Waals surface area contributed by atoms with Crippen molar-refractivity contribution in [2.45, 2.75) is 31.9 Å². The highest BCUT2D eigenvalue weighted by atomic mass is 19.4. The third-order valence-corrected chi connectivity index (χ3v) is 5.22. The highest BCUT2D eigenvalue weighted by Gasteiger charge is 2.52. The van der Waals surface area contributed by atoms with Crippen molar-refractivity contribution in [3.63, 3.8) is 0 Å². The van der Waals surface area contributed by atoms with E-state index in [9.17, 15) is 32.3 Å². The van der Waals surface area contributed by atoms with Crippen LogP contribution in [0.4, 0.5) is 28.9 Å². The predicted molar refractivity (Wildman–Crippen MR) is 106 cm³/mol. The highest BCUT2D eigenvalue weighted by Crippen LogP contribution is 2.40. The Balaban J connectivity index is 2.08. The number of benzene rings is 2. The summed E-state index contributed by atoms with van der Waals surface area (Å²) in [5.41, 5.74) is -3.87. The third-order valence-electron chi connectivity index (χ3n) is 5.22. The number of halogens is 4. The molecule has 2 amide bonds. The zero-order valence-electron chi connectivity index (χ0n) is 17.2. The van der Waals surface area contributed by atoms with Gasteiger partial charge < -0.3 is 15.3 Å². The molecule has 1 saturated heterocycles. The molecule has 0 aromatic heterocycles. The third kappa shape index (κ3) is 3.62. The van der Waals surface area contributed by atoms with Crippen LogP contribution in [0.25, 0.3) is 0 Å². The summed E-state index contributed by atoms with van der Waals surface area (Å²) in [4.78, 5) is 26.6. The molecule has 2 aromatic rings. The molecular weight excluding hydrogens is 432 g/mol. The van der Waals surface area contributed by atoms with E-state index >= 15 is 0 Å². The van der Waals surface area contributed by atoms with Gasteiger partial charge in [0.25, 0.3) is 11.8 Å². The van der Waals surface area contributed by atoms with E-state index in [4.69, 9.17) is 5.26 Å². The van der Waals surface area contributed by atoms with Gasteiger partial charge in [-0.15, -0.1) is 0 Å². The van der Waals surface area contributed by atoms with Crippen LogP contribution >= 0.6 is 0 Å². The smallest absolute Gasteiger partial charge is 0.356 e. The maximum atomic E-state index is 14.5. The van der Waals surface area contributed by atoms with Crippen molar-refractivity contribution in [1.82, 2.24) is 5.32 Å². The fourth-order valence-electron chi connectivity index (χ4n) is 3.60. The summed E-state index contributed by atoms with van der Waals surface area (Å²) < 4.78 is 54.6. The maximum Gasteiger partial charge on any atom is 0.417 e. The molecule has 1 unspecified atom stereocenters. The fraction of sp³-hybridized carbons (Fsp3) is 0.286. The molecule has 0 radical (unpaired) electrons. The molecule has 1 fully saturated rings. The van der Waals surface area contributed by atoms with Crippen molar-refractivity contribution in [3.8, 4) is 6.07 Å². The SMILES string of the molecule is CNC(=O)c1ccc(N2C(O)N(c3ccc(C#N)c(C(F)(F)F)c3)C(=O)C2(C)C)cc1F. The minimum Gasteiger partial charge on any atom is -0.356 e. The number of anilines is 2. The first-order valence-corrected chi connectivity index (χ1v) is 9.28. The van der Waals surface area contributed by atoms with E-state index in [1.54, 1.807) is 0 Å². The number of amides is 2. The second-order valence-electron chi connectivity index (χ2n) is 7.53. The molecule has 7 nitrogen and oxygen atoms in total. The van der Waals surface area contributed by atoms with Gasteiger partial charge in [-0.05, 0) is 50.2 Å². The number of aliphatic hydroxyl groups is 1. The first-order chi connectivity index (χ1) is 14.8. The van der Waals surface area contributed by atoms with Gasteiger partial charge >= 0.3 is 6.18 Å². The Morgan fingerprint density at radius 3 is 2.34 bits per heavy atom. The molecule has 3 rings (SSSR count). The lowest BCUT2D eigenvalue weighted by Crippen LogP contribution is -2.46. The van der Waals surface area contributed by atoms with Crippen molar-refractivity contribution in [2.75, 3.05) is 16.8 Å². The average Bonchev–Trinajstić information content (AvgIpc) is 2.90. The molecule has 168 valence electrons. The molecule has 1 heterocycles. The number of aliphatic hydroxyl groups excluding tert-OH is 1. The average molecular weight is 450 g/mol.